The molecule has 0 radical (unpaired) electrons. The van der Waals surface area contributed by atoms with E-state index in [0.717, 1.165) is 32.5 Å². The van der Waals surface area contributed by atoms with Crippen LogP contribution in [0.1, 0.15) is 30.9 Å². The average molecular weight is 268 g/mol. The number of benzene rings is 1. The first-order valence-electron chi connectivity index (χ1n) is 6.76. The van der Waals surface area contributed by atoms with Crippen molar-refractivity contribution in [2.45, 2.75) is 38.7 Å². The molecule has 1 aliphatic heterocycles. The third-order valence-electron chi connectivity index (χ3n) is 3.68. The van der Waals surface area contributed by atoms with E-state index in [0.29, 0.717) is 12.0 Å². The van der Waals surface area contributed by atoms with Gasteiger partial charge in [0.15, 0.2) is 0 Å². The van der Waals surface area contributed by atoms with Crippen molar-refractivity contribution in [1.29, 1.82) is 0 Å². The molecule has 1 aromatic rings. The fourth-order valence-electron chi connectivity index (χ4n) is 2.54. The van der Waals surface area contributed by atoms with Crippen molar-refractivity contribution in [3.63, 3.8) is 0 Å². The van der Waals surface area contributed by atoms with E-state index >= 15 is 0 Å². The predicted molar refractivity (Wildman–Crippen MR) is 77.6 cm³/mol. The molecule has 0 unspecified atom stereocenters. The van der Waals surface area contributed by atoms with Crippen LogP contribution in [0.25, 0.3) is 0 Å². The topological polar surface area (TPSA) is 12.5 Å². The second kappa shape index (κ2) is 6.44. The molecule has 3 heteroatoms. The van der Waals surface area contributed by atoms with Gasteiger partial charge in [-0.25, -0.2) is 0 Å². The van der Waals surface area contributed by atoms with Crippen LogP contribution in [0.4, 0.5) is 5.69 Å². The molecule has 0 atom stereocenters. The Morgan fingerprint density at radius 1 is 1.33 bits per heavy atom. The van der Waals surface area contributed by atoms with Gasteiger partial charge in [-0.1, -0.05) is 6.07 Å². The minimum absolute atomic E-state index is 0.453. The summed E-state index contributed by atoms with van der Waals surface area (Å²) in [5, 5.41) is 0. The summed E-state index contributed by atoms with van der Waals surface area (Å²) < 4.78 is 5.68. The molecular weight excluding hydrogens is 246 g/mol. The van der Waals surface area contributed by atoms with E-state index in [1.807, 2.05) is 0 Å². The van der Waals surface area contributed by atoms with Crippen LogP contribution in [0, 0.1) is 6.92 Å². The van der Waals surface area contributed by atoms with E-state index in [1.54, 1.807) is 0 Å². The SMILES string of the molecule is CCOC1CCN(c2ccc(CCl)c(C)c2)CC1. The lowest BCUT2D eigenvalue weighted by Gasteiger charge is -2.33. The standard InChI is InChI=1S/C15H22ClNO/c1-3-18-15-6-8-17(9-7-15)14-5-4-13(11-16)12(2)10-14/h4-5,10,15H,3,6-9,11H2,1-2H3. The first-order valence-corrected chi connectivity index (χ1v) is 7.30. The van der Waals surface area contributed by atoms with Crippen molar-refractivity contribution in [2.75, 3.05) is 24.6 Å². The summed E-state index contributed by atoms with van der Waals surface area (Å²) in [5.41, 5.74) is 3.83. The largest absolute Gasteiger partial charge is 0.378 e. The van der Waals surface area contributed by atoms with Crippen LogP contribution in [0.15, 0.2) is 18.2 Å². The van der Waals surface area contributed by atoms with Crippen molar-refractivity contribution < 1.29 is 4.74 Å². The summed E-state index contributed by atoms with van der Waals surface area (Å²) in [6.45, 7) is 7.21. The zero-order valence-corrected chi connectivity index (χ0v) is 12.0. The maximum absolute atomic E-state index is 5.89. The minimum atomic E-state index is 0.453. The summed E-state index contributed by atoms with van der Waals surface area (Å²) in [5.74, 6) is 0.596. The van der Waals surface area contributed by atoms with E-state index in [4.69, 9.17) is 16.3 Å². The molecule has 0 bridgehead atoms. The van der Waals surface area contributed by atoms with Gasteiger partial charge in [0, 0.05) is 31.3 Å². The van der Waals surface area contributed by atoms with E-state index in [-0.39, 0.29) is 0 Å². The Morgan fingerprint density at radius 2 is 2.06 bits per heavy atom. The zero-order valence-electron chi connectivity index (χ0n) is 11.3. The molecule has 1 heterocycles. The molecule has 1 saturated heterocycles. The highest BCUT2D eigenvalue weighted by Gasteiger charge is 2.19. The van der Waals surface area contributed by atoms with Crippen LogP contribution in [0.3, 0.4) is 0 Å². The first-order chi connectivity index (χ1) is 8.74. The van der Waals surface area contributed by atoms with Gasteiger partial charge in [-0.3, -0.25) is 0 Å². The Kier molecular flexibility index (Phi) is 4.90. The molecule has 0 spiro atoms. The number of ether oxygens (including phenoxy) is 1. The molecule has 0 aliphatic carbocycles. The fraction of sp³-hybridized carbons (Fsp3) is 0.600. The number of anilines is 1. The quantitative estimate of drug-likeness (QED) is 0.771. The molecule has 0 amide bonds. The third-order valence-corrected chi connectivity index (χ3v) is 3.97. The fourth-order valence-corrected chi connectivity index (χ4v) is 2.84. The lowest BCUT2D eigenvalue weighted by atomic mass is 10.0. The minimum Gasteiger partial charge on any atom is -0.378 e. The van der Waals surface area contributed by atoms with Gasteiger partial charge >= 0.3 is 0 Å². The van der Waals surface area contributed by atoms with E-state index < -0.39 is 0 Å². The van der Waals surface area contributed by atoms with Crippen molar-refractivity contribution in [2.24, 2.45) is 0 Å². The molecule has 2 rings (SSSR count). The monoisotopic (exact) mass is 267 g/mol. The number of nitrogens with zero attached hydrogens (tertiary/aromatic N) is 1. The Bertz CT molecular complexity index is 386. The average Bonchev–Trinajstić information content (AvgIpc) is 2.40. The molecule has 2 nitrogen and oxygen atoms in total. The molecule has 0 saturated carbocycles. The molecule has 0 aromatic heterocycles. The summed E-state index contributed by atoms with van der Waals surface area (Å²) >= 11 is 5.89. The van der Waals surface area contributed by atoms with Gasteiger partial charge in [-0.15, -0.1) is 11.6 Å². The Hall–Kier alpha value is -0.730. The van der Waals surface area contributed by atoms with Crippen LogP contribution < -0.4 is 4.90 Å². The summed E-state index contributed by atoms with van der Waals surface area (Å²) in [4.78, 5) is 2.44. The predicted octanol–water partition coefficient (Wildman–Crippen LogP) is 3.74. The van der Waals surface area contributed by atoms with Gasteiger partial charge in [-0.2, -0.15) is 0 Å². The number of rotatable bonds is 4. The summed E-state index contributed by atoms with van der Waals surface area (Å²) in [6.07, 6.45) is 2.71. The Morgan fingerprint density at radius 3 is 2.61 bits per heavy atom. The van der Waals surface area contributed by atoms with Gasteiger partial charge in [-0.05, 0) is 49.9 Å². The van der Waals surface area contributed by atoms with Crippen LogP contribution >= 0.6 is 11.6 Å². The first kappa shape index (κ1) is 13.7. The van der Waals surface area contributed by atoms with Crippen LogP contribution in [-0.4, -0.2) is 25.8 Å². The third kappa shape index (κ3) is 3.18. The van der Waals surface area contributed by atoms with Gasteiger partial charge in [0.25, 0.3) is 0 Å². The number of hydrogen-bond donors (Lipinski definition) is 0. The number of hydrogen-bond acceptors (Lipinski definition) is 2. The molecular formula is C15H22ClNO. The number of aryl methyl sites for hydroxylation is 1. The lowest BCUT2D eigenvalue weighted by Crippen LogP contribution is -2.37. The van der Waals surface area contributed by atoms with Crippen molar-refractivity contribution in [3.8, 4) is 0 Å². The number of piperidine rings is 1. The highest BCUT2D eigenvalue weighted by molar-refractivity contribution is 6.17. The molecule has 1 aromatic carbocycles. The van der Waals surface area contributed by atoms with E-state index in [1.165, 1.54) is 16.8 Å². The zero-order chi connectivity index (χ0) is 13.0. The Labute approximate surface area is 115 Å². The smallest absolute Gasteiger partial charge is 0.0608 e. The van der Waals surface area contributed by atoms with Crippen molar-refractivity contribution in [3.05, 3.63) is 29.3 Å². The molecule has 1 fully saturated rings. The number of alkyl halides is 1. The molecule has 100 valence electrons. The lowest BCUT2D eigenvalue weighted by molar-refractivity contribution is 0.0459. The van der Waals surface area contributed by atoms with Crippen LogP contribution in [-0.2, 0) is 10.6 Å². The second-order valence-corrected chi connectivity index (χ2v) is 5.15. The van der Waals surface area contributed by atoms with Crippen LogP contribution in [0.2, 0.25) is 0 Å². The van der Waals surface area contributed by atoms with Gasteiger partial charge in [0.1, 0.15) is 0 Å². The summed E-state index contributed by atoms with van der Waals surface area (Å²) in [6, 6.07) is 6.58. The highest BCUT2D eigenvalue weighted by atomic mass is 35.5. The molecule has 18 heavy (non-hydrogen) atoms. The Balaban J connectivity index is 1.99. The van der Waals surface area contributed by atoms with Crippen molar-refractivity contribution in [1.82, 2.24) is 0 Å². The molecule has 1 aliphatic rings. The van der Waals surface area contributed by atoms with Crippen molar-refractivity contribution >= 4 is 17.3 Å². The van der Waals surface area contributed by atoms with Gasteiger partial charge < -0.3 is 9.64 Å². The van der Waals surface area contributed by atoms with Gasteiger partial charge in [0.05, 0.1) is 6.10 Å². The second-order valence-electron chi connectivity index (χ2n) is 4.89. The van der Waals surface area contributed by atoms with Crippen LogP contribution in [0.5, 0.6) is 0 Å². The van der Waals surface area contributed by atoms with Gasteiger partial charge in [0.2, 0.25) is 0 Å². The summed E-state index contributed by atoms with van der Waals surface area (Å²) in [7, 11) is 0. The van der Waals surface area contributed by atoms with E-state index in [2.05, 4.69) is 36.9 Å². The van der Waals surface area contributed by atoms with E-state index in [9.17, 15) is 0 Å². The maximum Gasteiger partial charge on any atom is 0.0608 e. The highest BCUT2D eigenvalue weighted by Crippen LogP contribution is 2.24. The maximum atomic E-state index is 5.89. The molecule has 0 N–H and O–H groups in total. The number of halogens is 1. The normalized spacial score (nSPS) is 17.2.